The van der Waals surface area contributed by atoms with Crippen LogP contribution in [-0.2, 0) is 9.59 Å². The SMILES string of the molecule is Cc1sc(NC(=O)[C@H]2[C@@H](C(=O)[O-])[C@H]3C=C[C@H]2C3)nc1-c1ccc(F)cc1. The maximum Gasteiger partial charge on any atom is 0.230 e. The third kappa shape index (κ3) is 2.82. The molecule has 0 saturated heterocycles. The van der Waals surface area contributed by atoms with E-state index in [4.69, 9.17) is 0 Å². The summed E-state index contributed by atoms with van der Waals surface area (Å²) in [4.78, 5) is 29.5. The van der Waals surface area contributed by atoms with Gasteiger partial charge in [-0.3, -0.25) is 4.79 Å². The maximum atomic E-state index is 13.1. The van der Waals surface area contributed by atoms with Crippen molar-refractivity contribution in [3.8, 4) is 11.3 Å². The standard InChI is InChI=1S/C19H17FN2O3S/c1-9-16(10-4-6-13(20)7-5-10)21-19(26-9)22-17(23)14-11-2-3-12(8-11)15(14)18(24)25/h2-7,11-12,14-15H,8H2,1H3,(H,24,25)(H,21,22,23)/p-1/t11-,12-,14+,15-/m0/s1. The molecular weight excluding hydrogens is 355 g/mol. The van der Waals surface area contributed by atoms with Crippen molar-refractivity contribution in [3.63, 3.8) is 0 Å². The minimum absolute atomic E-state index is 0.0690. The minimum atomic E-state index is -1.18. The first-order chi connectivity index (χ1) is 12.4. The number of carbonyl (C=O) groups is 2. The zero-order valence-electron chi connectivity index (χ0n) is 13.9. The van der Waals surface area contributed by atoms with Crippen molar-refractivity contribution in [2.24, 2.45) is 23.7 Å². The summed E-state index contributed by atoms with van der Waals surface area (Å²) in [6.45, 7) is 1.87. The van der Waals surface area contributed by atoms with Gasteiger partial charge in [-0.25, -0.2) is 9.37 Å². The molecule has 134 valence electrons. The lowest BCUT2D eigenvalue weighted by Crippen LogP contribution is -2.42. The van der Waals surface area contributed by atoms with Crippen LogP contribution in [-0.4, -0.2) is 16.9 Å². The number of aliphatic carboxylic acids is 1. The van der Waals surface area contributed by atoms with Crippen molar-refractivity contribution in [3.05, 3.63) is 47.1 Å². The number of allylic oxidation sites excluding steroid dienone is 2. The summed E-state index contributed by atoms with van der Waals surface area (Å²) >= 11 is 1.31. The van der Waals surface area contributed by atoms with Crippen LogP contribution in [0.25, 0.3) is 11.3 Å². The number of amides is 1. The van der Waals surface area contributed by atoms with Gasteiger partial charge >= 0.3 is 0 Å². The summed E-state index contributed by atoms with van der Waals surface area (Å²) in [6.07, 6.45) is 4.47. The molecule has 2 bridgehead atoms. The lowest BCUT2D eigenvalue weighted by molar-refractivity contribution is -0.313. The summed E-state index contributed by atoms with van der Waals surface area (Å²) in [6, 6.07) is 5.99. The lowest BCUT2D eigenvalue weighted by atomic mass is 9.82. The highest BCUT2D eigenvalue weighted by atomic mass is 32.1. The first kappa shape index (κ1) is 16.9. The fourth-order valence-corrected chi connectivity index (χ4v) is 4.85. The lowest BCUT2D eigenvalue weighted by Gasteiger charge is -2.27. The smallest absolute Gasteiger partial charge is 0.230 e. The van der Waals surface area contributed by atoms with Gasteiger partial charge in [0.2, 0.25) is 5.91 Å². The number of carbonyl (C=O) groups excluding carboxylic acids is 2. The van der Waals surface area contributed by atoms with Crippen LogP contribution in [0, 0.1) is 36.4 Å². The number of carboxylic acids is 1. The van der Waals surface area contributed by atoms with Crippen LogP contribution in [0.3, 0.4) is 0 Å². The Morgan fingerprint density at radius 1 is 1.19 bits per heavy atom. The van der Waals surface area contributed by atoms with Crippen LogP contribution in [0.15, 0.2) is 36.4 Å². The van der Waals surface area contributed by atoms with Crippen LogP contribution >= 0.6 is 11.3 Å². The molecule has 1 aromatic heterocycles. The molecule has 0 spiro atoms. The average Bonchev–Trinajstić information content (AvgIpc) is 3.29. The molecule has 2 aliphatic carbocycles. The van der Waals surface area contributed by atoms with Crippen LogP contribution in [0.4, 0.5) is 9.52 Å². The Kier molecular flexibility index (Phi) is 4.11. The number of aromatic nitrogens is 1. The van der Waals surface area contributed by atoms with Crippen molar-refractivity contribution in [2.45, 2.75) is 13.3 Å². The summed E-state index contributed by atoms with van der Waals surface area (Å²) in [5, 5.41) is 14.6. The van der Waals surface area contributed by atoms with Gasteiger partial charge in [0.15, 0.2) is 5.13 Å². The summed E-state index contributed by atoms with van der Waals surface area (Å²) in [7, 11) is 0. The number of carboxylic acid groups (broad SMARTS) is 1. The first-order valence-electron chi connectivity index (χ1n) is 8.37. The highest BCUT2D eigenvalue weighted by Crippen LogP contribution is 2.48. The molecule has 0 aliphatic heterocycles. The number of anilines is 1. The van der Waals surface area contributed by atoms with Gasteiger partial charge in [-0.2, -0.15) is 0 Å². The Hall–Kier alpha value is -2.54. The Morgan fingerprint density at radius 2 is 1.85 bits per heavy atom. The van der Waals surface area contributed by atoms with Crippen LogP contribution < -0.4 is 10.4 Å². The normalized spacial score (nSPS) is 26.2. The Balaban J connectivity index is 1.55. The van der Waals surface area contributed by atoms with Gasteiger partial charge in [-0.15, -0.1) is 11.3 Å². The van der Waals surface area contributed by atoms with E-state index >= 15 is 0 Å². The Labute approximate surface area is 153 Å². The third-order valence-electron chi connectivity index (χ3n) is 5.18. The van der Waals surface area contributed by atoms with Crippen molar-refractivity contribution in [1.82, 2.24) is 4.98 Å². The van der Waals surface area contributed by atoms with E-state index in [0.717, 1.165) is 10.4 Å². The van der Waals surface area contributed by atoms with E-state index in [-0.39, 0.29) is 23.6 Å². The van der Waals surface area contributed by atoms with E-state index in [1.54, 1.807) is 12.1 Å². The molecule has 4 atom stereocenters. The number of hydrogen-bond acceptors (Lipinski definition) is 5. The quantitative estimate of drug-likeness (QED) is 0.837. The summed E-state index contributed by atoms with van der Waals surface area (Å²) in [5.74, 6) is -3.46. The summed E-state index contributed by atoms with van der Waals surface area (Å²) < 4.78 is 13.1. The molecule has 5 nitrogen and oxygen atoms in total. The van der Waals surface area contributed by atoms with E-state index in [0.29, 0.717) is 17.2 Å². The minimum Gasteiger partial charge on any atom is -0.550 e. The number of nitrogens with one attached hydrogen (secondary N) is 1. The number of halogens is 1. The zero-order valence-corrected chi connectivity index (χ0v) is 14.8. The molecule has 2 aliphatic rings. The van der Waals surface area contributed by atoms with Crippen LogP contribution in [0.5, 0.6) is 0 Å². The fourth-order valence-electron chi connectivity index (χ4n) is 4.02. The predicted octanol–water partition coefficient (Wildman–Crippen LogP) is 2.38. The molecule has 7 heteroatoms. The number of rotatable bonds is 4. The average molecular weight is 371 g/mol. The largest absolute Gasteiger partial charge is 0.550 e. The highest BCUT2D eigenvalue weighted by molar-refractivity contribution is 7.16. The molecule has 0 radical (unpaired) electrons. The number of fused-ring (bicyclic) bond motifs is 2. The molecule has 0 unspecified atom stereocenters. The highest BCUT2D eigenvalue weighted by Gasteiger charge is 2.48. The van der Waals surface area contributed by atoms with E-state index < -0.39 is 17.8 Å². The van der Waals surface area contributed by atoms with Crippen molar-refractivity contribution >= 4 is 28.3 Å². The molecule has 1 saturated carbocycles. The van der Waals surface area contributed by atoms with Crippen LogP contribution in [0.2, 0.25) is 0 Å². The van der Waals surface area contributed by atoms with E-state index in [9.17, 15) is 19.1 Å². The third-order valence-corrected chi connectivity index (χ3v) is 6.06. The predicted molar refractivity (Wildman–Crippen MR) is 93.6 cm³/mol. The van der Waals surface area contributed by atoms with Gasteiger partial charge in [0.05, 0.1) is 11.6 Å². The maximum absolute atomic E-state index is 13.1. The van der Waals surface area contributed by atoms with Gasteiger partial charge < -0.3 is 15.2 Å². The van der Waals surface area contributed by atoms with Gasteiger partial charge in [-0.1, -0.05) is 12.2 Å². The van der Waals surface area contributed by atoms with E-state index in [1.165, 1.54) is 23.5 Å². The van der Waals surface area contributed by atoms with Crippen LogP contribution in [0.1, 0.15) is 11.3 Å². The Bertz CT molecular complexity index is 906. The van der Waals surface area contributed by atoms with Crippen molar-refractivity contribution in [2.75, 3.05) is 5.32 Å². The molecule has 1 aromatic carbocycles. The molecule has 2 aromatic rings. The number of thiazole rings is 1. The molecule has 1 fully saturated rings. The Morgan fingerprint density at radius 3 is 2.50 bits per heavy atom. The second kappa shape index (κ2) is 6.32. The van der Waals surface area contributed by atoms with Crippen molar-refractivity contribution < 1.29 is 19.1 Å². The molecule has 4 rings (SSSR count). The molecule has 1 N–H and O–H groups in total. The first-order valence-corrected chi connectivity index (χ1v) is 9.19. The van der Waals surface area contributed by atoms with Crippen molar-refractivity contribution in [1.29, 1.82) is 0 Å². The second-order valence-electron chi connectivity index (χ2n) is 6.74. The number of nitrogens with zero attached hydrogens (tertiary/aromatic N) is 1. The molecular formula is C19H16FN2O3S-. The van der Waals surface area contributed by atoms with Gasteiger partial charge in [0.25, 0.3) is 0 Å². The molecule has 1 amide bonds. The topological polar surface area (TPSA) is 82.1 Å². The molecule has 1 heterocycles. The van der Waals surface area contributed by atoms with Gasteiger partial charge in [0, 0.05) is 22.3 Å². The fraction of sp³-hybridized carbons (Fsp3) is 0.316. The zero-order chi connectivity index (χ0) is 18.4. The summed E-state index contributed by atoms with van der Waals surface area (Å²) in [5.41, 5.74) is 1.44. The second-order valence-corrected chi connectivity index (χ2v) is 7.94. The van der Waals surface area contributed by atoms with Gasteiger partial charge in [-0.05, 0) is 49.4 Å². The molecule has 26 heavy (non-hydrogen) atoms. The van der Waals surface area contributed by atoms with E-state index in [2.05, 4.69) is 10.3 Å². The monoisotopic (exact) mass is 371 g/mol. The van der Waals surface area contributed by atoms with Gasteiger partial charge in [0.1, 0.15) is 5.82 Å². The number of hydrogen-bond donors (Lipinski definition) is 1. The number of aryl methyl sites for hydroxylation is 1. The number of benzene rings is 1. The van der Waals surface area contributed by atoms with E-state index in [1.807, 2.05) is 19.1 Å².